The minimum absolute atomic E-state index is 0.111. The Kier molecular flexibility index (Phi) is 3.78. The molecule has 1 aliphatic rings. The van der Waals surface area contributed by atoms with Gasteiger partial charge in [-0.05, 0) is 30.5 Å². The van der Waals surface area contributed by atoms with Crippen LogP contribution >= 0.6 is 0 Å². The summed E-state index contributed by atoms with van der Waals surface area (Å²) in [6, 6.07) is 4.44. The van der Waals surface area contributed by atoms with Crippen LogP contribution in [0, 0.1) is 5.82 Å². The van der Waals surface area contributed by atoms with Crippen molar-refractivity contribution in [2.24, 2.45) is 10.9 Å². The fourth-order valence-electron chi connectivity index (χ4n) is 2.00. The number of hydrogen-bond acceptors (Lipinski definition) is 4. The van der Waals surface area contributed by atoms with Crippen molar-refractivity contribution in [1.82, 2.24) is 5.32 Å². The number of amidine groups is 1. The van der Waals surface area contributed by atoms with Crippen molar-refractivity contribution in [3.63, 3.8) is 0 Å². The third kappa shape index (κ3) is 2.77. The van der Waals surface area contributed by atoms with Gasteiger partial charge in [-0.25, -0.2) is 4.39 Å². The average Bonchev–Trinajstić information content (AvgIpc) is 2.33. The fraction of sp³-hybridized carbons (Fsp3) is 0.417. The van der Waals surface area contributed by atoms with E-state index >= 15 is 0 Å². The van der Waals surface area contributed by atoms with Crippen molar-refractivity contribution in [2.45, 2.75) is 31.5 Å². The summed E-state index contributed by atoms with van der Waals surface area (Å²) in [5.74, 6) is -0.542. The van der Waals surface area contributed by atoms with Gasteiger partial charge in [0.1, 0.15) is 5.82 Å². The predicted molar refractivity (Wildman–Crippen MR) is 64.8 cm³/mol. The van der Waals surface area contributed by atoms with Gasteiger partial charge in [-0.3, -0.25) is 0 Å². The molecular formula is C12H16FN3O2. The minimum Gasteiger partial charge on any atom is -0.409 e. The second-order valence-corrected chi connectivity index (χ2v) is 4.49. The zero-order chi connectivity index (χ0) is 13.1. The number of aliphatic hydroxyl groups excluding tert-OH is 1. The van der Waals surface area contributed by atoms with Gasteiger partial charge in [0.05, 0.1) is 6.10 Å². The summed E-state index contributed by atoms with van der Waals surface area (Å²) in [5.41, 5.74) is 6.64. The molecular weight excluding hydrogens is 237 g/mol. The molecule has 1 aliphatic carbocycles. The average molecular weight is 253 g/mol. The first-order valence-corrected chi connectivity index (χ1v) is 5.78. The number of nitrogens with zero attached hydrogens (tertiary/aromatic N) is 1. The van der Waals surface area contributed by atoms with Gasteiger partial charge in [0.15, 0.2) is 5.84 Å². The van der Waals surface area contributed by atoms with E-state index in [1.165, 1.54) is 12.1 Å². The topological polar surface area (TPSA) is 90.9 Å². The maximum Gasteiger partial charge on any atom is 0.170 e. The summed E-state index contributed by atoms with van der Waals surface area (Å²) in [4.78, 5) is 0. The van der Waals surface area contributed by atoms with Crippen molar-refractivity contribution in [2.75, 3.05) is 0 Å². The smallest absolute Gasteiger partial charge is 0.170 e. The van der Waals surface area contributed by atoms with Gasteiger partial charge in [0.2, 0.25) is 0 Å². The molecule has 1 fully saturated rings. The molecule has 6 heteroatoms. The lowest BCUT2D eigenvalue weighted by Crippen LogP contribution is -2.43. The van der Waals surface area contributed by atoms with Crippen LogP contribution in [-0.2, 0) is 6.54 Å². The Hall–Kier alpha value is -1.66. The van der Waals surface area contributed by atoms with Crippen LogP contribution in [0.1, 0.15) is 24.0 Å². The highest BCUT2D eigenvalue weighted by Gasteiger charge is 2.26. The van der Waals surface area contributed by atoms with E-state index in [1.54, 1.807) is 6.07 Å². The first-order chi connectivity index (χ1) is 8.60. The Balaban J connectivity index is 2.07. The van der Waals surface area contributed by atoms with Gasteiger partial charge in [-0.1, -0.05) is 11.2 Å². The Bertz CT molecular complexity index is 459. The Morgan fingerprint density at radius 2 is 2.22 bits per heavy atom. The standard InChI is InChI=1S/C12H16FN3O2/c13-8-2-1-7(11(3-8)12(14)16-18)6-15-9-4-10(17)5-9/h1-3,9-10,15,17-18H,4-6H2,(H2,14,16). The highest BCUT2D eigenvalue weighted by molar-refractivity contribution is 5.98. The van der Waals surface area contributed by atoms with E-state index in [4.69, 9.17) is 10.9 Å². The van der Waals surface area contributed by atoms with Crippen LogP contribution in [0.15, 0.2) is 23.4 Å². The second-order valence-electron chi connectivity index (χ2n) is 4.49. The summed E-state index contributed by atoms with van der Waals surface area (Å²) in [5, 5.41) is 24.0. The third-order valence-corrected chi connectivity index (χ3v) is 3.15. The van der Waals surface area contributed by atoms with Crippen molar-refractivity contribution in [1.29, 1.82) is 0 Å². The van der Waals surface area contributed by atoms with E-state index in [2.05, 4.69) is 10.5 Å². The summed E-state index contributed by atoms with van der Waals surface area (Å²) in [7, 11) is 0. The van der Waals surface area contributed by atoms with Gasteiger partial charge in [-0.15, -0.1) is 0 Å². The zero-order valence-electron chi connectivity index (χ0n) is 9.81. The molecule has 98 valence electrons. The Morgan fingerprint density at radius 1 is 1.50 bits per heavy atom. The Labute approximate surface area is 104 Å². The first kappa shape index (κ1) is 12.8. The lowest BCUT2D eigenvalue weighted by atomic mass is 9.89. The normalized spacial score (nSPS) is 23.8. The van der Waals surface area contributed by atoms with Crippen LogP contribution in [0.2, 0.25) is 0 Å². The number of nitrogens with one attached hydrogen (secondary N) is 1. The quantitative estimate of drug-likeness (QED) is 0.273. The van der Waals surface area contributed by atoms with Gasteiger partial charge < -0.3 is 21.4 Å². The predicted octanol–water partition coefficient (Wildman–Crippen LogP) is 0.533. The molecule has 0 spiro atoms. The SMILES string of the molecule is NC(=NO)c1cc(F)ccc1CNC1CC(O)C1. The minimum atomic E-state index is -0.431. The number of oxime groups is 1. The van der Waals surface area contributed by atoms with Crippen molar-refractivity contribution < 1.29 is 14.7 Å². The van der Waals surface area contributed by atoms with Crippen molar-refractivity contribution in [3.05, 3.63) is 35.1 Å². The molecule has 0 aromatic heterocycles. The summed E-state index contributed by atoms with van der Waals surface area (Å²) >= 11 is 0. The van der Waals surface area contributed by atoms with Gasteiger partial charge in [0.25, 0.3) is 0 Å². The van der Waals surface area contributed by atoms with Crippen LogP contribution in [0.25, 0.3) is 0 Å². The molecule has 1 aromatic rings. The van der Waals surface area contributed by atoms with Crippen LogP contribution in [0.5, 0.6) is 0 Å². The summed E-state index contributed by atoms with van der Waals surface area (Å²) in [6.45, 7) is 0.489. The number of aliphatic hydroxyl groups is 1. The number of hydrogen-bond donors (Lipinski definition) is 4. The van der Waals surface area contributed by atoms with Crippen LogP contribution in [-0.4, -0.2) is 28.3 Å². The fourth-order valence-corrected chi connectivity index (χ4v) is 2.00. The van der Waals surface area contributed by atoms with Crippen LogP contribution in [0.3, 0.4) is 0 Å². The van der Waals surface area contributed by atoms with E-state index < -0.39 is 5.82 Å². The molecule has 2 rings (SSSR count). The molecule has 0 atom stereocenters. The molecule has 0 aliphatic heterocycles. The molecule has 0 unspecified atom stereocenters. The maximum absolute atomic E-state index is 13.1. The molecule has 5 nitrogen and oxygen atoms in total. The third-order valence-electron chi connectivity index (χ3n) is 3.15. The molecule has 1 saturated carbocycles. The van der Waals surface area contributed by atoms with E-state index in [1.807, 2.05) is 0 Å². The van der Waals surface area contributed by atoms with Crippen molar-refractivity contribution >= 4 is 5.84 Å². The zero-order valence-corrected chi connectivity index (χ0v) is 9.81. The van der Waals surface area contributed by atoms with E-state index in [0.29, 0.717) is 12.1 Å². The molecule has 1 aromatic carbocycles. The molecule has 0 heterocycles. The second kappa shape index (κ2) is 5.32. The van der Waals surface area contributed by atoms with Crippen LogP contribution in [0.4, 0.5) is 4.39 Å². The molecule has 18 heavy (non-hydrogen) atoms. The summed E-state index contributed by atoms with van der Waals surface area (Å²) in [6.07, 6.45) is 1.22. The molecule has 0 amide bonds. The number of nitrogens with two attached hydrogens (primary N) is 1. The lowest BCUT2D eigenvalue weighted by Gasteiger charge is -2.32. The van der Waals surface area contributed by atoms with E-state index in [9.17, 15) is 9.50 Å². The van der Waals surface area contributed by atoms with Gasteiger partial charge in [-0.2, -0.15) is 0 Å². The maximum atomic E-state index is 13.1. The number of benzene rings is 1. The van der Waals surface area contributed by atoms with Crippen molar-refractivity contribution in [3.8, 4) is 0 Å². The molecule has 0 bridgehead atoms. The Morgan fingerprint density at radius 3 is 2.83 bits per heavy atom. The highest BCUT2D eigenvalue weighted by Crippen LogP contribution is 2.20. The van der Waals surface area contributed by atoms with Gasteiger partial charge >= 0.3 is 0 Å². The molecule has 5 N–H and O–H groups in total. The molecule has 0 radical (unpaired) electrons. The number of halogens is 1. The lowest BCUT2D eigenvalue weighted by molar-refractivity contribution is 0.0619. The summed E-state index contributed by atoms with van der Waals surface area (Å²) < 4.78 is 13.1. The largest absolute Gasteiger partial charge is 0.409 e. The first-order valence-electron chi connectivity index (χ1n) is 5.78. The van der Waals surface area contributed by atoms with E-state index in [-0.39, 0.29) is 18.0 Å². The molecule has 0 saturated heterocycles. The highest BCUT2D eigenvalue weighted by atomic mass is 19.1. The van der Waals surface area contributed by atoms with Crippen LogP contribution < -0.4 is 11.1 Å². The monoisotopic (exact) mass is 253 g/mol. The van der Waals surface area contributed by atoms with Gasteiger partial charge in [0, 0.05) is 18.2 Å². The van der Waals surface area contributed by atoms with E-state index in [0.717, 1.165) is 18.4 Å². The number of rotatable bonds is 4.